The van der Waals surface area contributed by atoms with Crippen molar-refractivity contribution in [1.82, 2.24) is 0 Å². The fourth-order valence-corrected chi connectivity index (χ4v) is 4.74. The van der Waals surface area contributed by atoms with Gasteiger partial charge < -0.3 is 14.9 Å². The Bertz CT molecular complexity index is 557. The topological polar surface area (TPSA) is 66.8 Å². The minimum absolute atomic E-state index is 0.134. The van der Waals surface area contributed by atoms with Crippen LogP contribution in [0.4, 0.5) is 0 Å². The van der Waals surface area contributed by atoms with Gasteiger partial charge in [0.05, 0.1) is 11.7 Å². The monoisotopic (exact) mass is 364 g/mol. The highest BCUT2D eigenvalue weighted by atomic mass is 16.5. The molecule has 4 nitrogen and oxygen atoms in total. The molecule has 0 spiro atoms. The Hall–Kier alpha value is -1.13. The predicted molar refractivity (Wildman–Crippen MR) is 103 cm³/mol. The quantitative estimate of drug-likeness (QED) is 0.552. The number of esters is 1. The van der Waals surface area contributed by atoms with Crippen LogP contribution in [-0.4, -0.2) is 34.0 Å². The summed E-state index contributed by atoms with van der Waals surface area (Å²) in [6, 6.07) is 0. The van der Waals surface area contributed by atoms with Crippen LogP contribution in [0, 0.1) is 23.7 Å². The van der Waals surface area contributed by atoms with E-state index >= 15 is 0 Å². The third-order valence-corrected chi connectivity index (χ3v) is 6.50. The minimum atomic E-state index is -1.09. The average molecular weight is 365 g/mol. The first-order valence-electron chi connectivity index (χ1n) is 9.94. The van der Waals surface area contributed by atoms with Crippen molar-refractivity contribution in [2.45, 2.75) is 84.5 Å². The molecule has 0 bridgehead atoms. The molecule has 0 aromatic heterocycles. The highest BCUT2D eigenvalue weighted by molar-refractivity contribution is 5.66. The third-order valence-electron chi connectivity index (χ3n) is 6.50. The number of aliphatic hydroxyl groups excluding tert-OH is 1. The van der Waals surface area contributed by atoms with E-state index < -0.39 is 11.7 Å². The van der Waals surface area contributed by atoms with Gasteiger partial charge in [-0.15, -0.1) is 0 Å². The van der Waals surface area contributed by atoms with Crippen LogP contribution in [0.1, 0.15) is 66.7 Å². The first kappa shape index (κ1) is 21.2. The summed E-state index contributed by atoms with van der Waals surface area (Å²) in [5.41, 5.74) is 1.48. The Labute approximate surface area is 158 Å². The second kappa shape index (κ2) is 8.26. The number of carbonyl (C=O) groups excluding carboxylic acids is 1. The molecule has 0 aliphatic heterocycles. The fourth-order valence-electron chi connectivity index (χ4n) is 4.74. The van der Waals surface area contributed by atoms with Crippen LogP contribution in [0.25, 0.3) is 0 Å². The lowest BCUT2D eigenvalue weighted by molar-refractivity contribution is -0.153. The van der Waals surface area contributed by atoms with Crippen LogP contribution in [-0.2, 0) is 9.53 Å². The van der Waals surface area contributed by atoms with E-state index in [0.29, 0.717) is 12.3 Å². The first-order valence-corrected chi connectivity index (χ1v) is 9.94. The molecule has 26 heavy (non-hydrogen) atoms. The molecule has 3 unspecified atom stereocenters. The molecule has 148 valence electrons. The molecule has 2 rings (SSSR count). The van der Waals surface area contributed by atoms with Gasteiger partial charge in [0.1, 0.15) is 6.10 Å². The van der Waals surface area contributed by atoms with Crippen molar-refractivity contribution < 1.29 is 19.7 Å². The highest BCUT2D eigenvalue weighted by Gasteiger charge is 2.45. The average Bonchev–Trinajstić information content (AvgIpc) is 2.85. The van der Waals surface area contributed by atoms with Gasteiger partial charge in [0, 0.05) is 12.8 Å². The maximum atomic E-state index is 11.8. The Kier molecular flexibility index (Phi) is 6.73. The van der Waals surface area contributed by atoms with Gasteiger partial charge in [0.2, 0.25) is 0 Å². The number of hydrogen-bond acceptors (Lipinski definition) is 4. The van der Waals surface area contributed by atoms with Gasteiger partial charge in [-0.3, -0.25) is 4.79 Å². The summed E-state index contributed by atoms with van der Waals surface area (Å²) in [7, 11) is 0. The van der Waals surface area contributed by atoms with E-state index in [-0.39, 0.29) is 29.8 Å². The molecule has 1 fully saturated rings. The molecule has 6 atom stereocenters. The van der Waals surface area contributed by atoms with Crippen LogP contribution in [0.5, 0.6) is 0 Å². The molecule has 0 aromatic carbocycles. The van der Waals surface area contributed by atoms with E-state index in [1.807, 2.05) is 0 Å². The number of carbonyl (C=O) groups is 1. The van der Waals surface area contributed by atoms with Gasteiger partial charge in [0.25, 0.3) is 0 Å². The second-order valence-corrected chi connectivity index (χ2v) is 8.98. The molecule has 1 saturated carbocycles. The third kappa shape index (κ3) is 4.77. The van der Waals surface area contributed by atoms with Crippen LogP contribution < -0.4 is 0 Å². The Balaban J connectivity index is 2.19. The van der Waals surface area contributed by atoms with Gasteiger partial charge in [-0.25, -0.2) is 0 Å². The summed E-state index contributed by atoms with van der Waals surface area (Å²) in [5, 5.41) is 20.2. The van der Waals surface area contributed by atoms with E-state index in [0.717, 1.165) is 25.7 Å². The van der Waals surface area contributed by atoms with Gasteiger partial charge in [0.15, 0.2) is 0 Å². The minimum Gasteiger partial charge on any atom is -0.462 e. The van der Waals surface area contributed by atoms with Gasteiger partial charge >= 0.3 is 5.97 Å². The zero-order valence-corrected chi connectivity index (χ0v) is 17.0. The number of aliphatic hydroxyl groups is 2. The lowest BCUT2D eigenvalue weighted by atomic mass is 9.75. The number of rotatable bonds is 6. The second-order valence-electron chi connectivity index (χ2n) is 8.98. The van der Waals surface area contributed by atoms with Gasteiger partial charge in [-0.1, -0.05) is 30.7 Å². The van der Waals surface area contributed by atoms with Crippen molar-refractivity contribution in [3.05, 3.63) is 23.8 Å². The van der Waals surface area contributed by atoms with Gasteiger partial charge in [-0.2, -0.15) is 0 Å². The van der Waals surface area contributed by atoms with Crippen LogP contribution in [0.3, 0.4) is 0 Å². The summed E-state index contributed by atoms with van der Waals surface area (Å²) < 4.78 is 5.88. The number of fused-ring (bicyclic) bond motifs is 1. The zero-order chi connectivity index (χ0) is 19.6. The Morgan fingerprint density at radius 2 is 2.08 bits per heavy atom. The maximum absolute atomic E-state index is 11.8. The van der Waals surface area contributed by atoms with Crippen molar-refractivity contribution in [2.75, 3.05) is 0 Å². The van der Waals surface area contributed by atoms with Crippen molar-refractivity contribution in [3.8, 4) is 0 Å². The molecular formula is C22H36O4. The Morgan fingerprint density at radius 1 is 1.42 bits per heavy atom. The van der Waals surface area contributed by atoms with E-state index in [1.54, 1.807) is 13.8 Å². The molecule has 4 heteroatoms. The number of hydrogen-bond donors (Lipinski definition) is 2. The molecule has 0 aromatic rings. The summed E-state index contributed by atoms with van der Waals surface area (Å²) >= 11 is 0. The molecule has 0 amide bonds. The van der Waals surface area contributed by atoms with Crippen LogP contribution in [0.15, 0.2) is 23.8 Å². The normalized spacial score (nSPS) is 31.7. The van der Waals surface area contributed by atoms with Crippen LogP contribution >= 0.6 is 0 Å². The SMILES string of the molecule is C=C1CCC([C@H](C)CCC(O)C(C)(C)O)[C@@H](OC(C)=O)[C@@H]2C(C)=CCC12. The summed E-state index contributed by atoms with van der Waals surface area (Å²) in [5.74, 6) is 0.895. The van der Waals surface area contributed by atoms with Crippen molar-refractivity contribution in [3.63, 3.8) is 0 Å². The zero-order valence-electron chi connectivity index (χ0n) is 17.0. The summed E-state index contributed by atoms with van der Waals surface area (Å²) in [6.07, 6.45) is 5.62. The van der Waals surface area contributed by atoms with Crippen molar-refractivity contribution in [2.24, 2.45) is 23.7 Å². The Morgan fingerprint density at radius 3 is 2.65 bits per heavy atom. The maximum Gasteiger partial charge on any atom is 0.302 e. The first-order chi connectivity index (χ1) is 12.0. The van der Waals surface area contributed by atoms with Crippen molar-refractivity contribution in [1.29, 1.82) is 0 Å². The van der Waals surface area contributed by atoms with E-state index in [2.05, 4.69) is 26.5 Å². The van der Waals surface area contributed by atoms with Gasteiger partial charge in [-0.05, 0) is 70.6 Å². The van der Waals surface area contributed by atoms with Crippen molar-refractivity contribution >= 4 is 5.97 Å². The summed E-state index contributed by atoms with van der Waals surface area (Å²) in [4.78, 5) is 11.8. The van der Waals surface area contributed by atoms with E-state index in [1.165, 1.54) is 18.1 Å². The molecular weight excluding hydrogens is 328 g/mol. The number of allylic oxidation sites excluding steroid dienone is 2. The fraction of sp³-hybridized carbons (Fsp3) is 0.773. The number of ether oxygens (including phenoxy) is 1. The standard InChI is InChI=1S/C22H36O4/c1-13-7-11-18(14(2)9-12-19(24)22(5,6)25)21(26-16(4)23)20-15(3)8-10-17(13)20/h8,14,17-21,24-25H,1,7,9-12H2,2-6H3/t14-,17?,18?,19?,20-,21-/m1/s1. The molecule has 2 N–H and O–H groups in total. The largest absolute Gasteiger partial charge is 0.462 e. The molecule has 0 heterocycles. The summed E-state index contributed by atoms with van der Waals surface area (Å²) in [6.45, 7) is 13.4. The van der Waals surface area contributed by atoms with Crippen LogP contribution in [0.2, 0.25) is 0 Å². The van der Waals surface area contributed by atoms with E-state index in [9.17, 15) is 15.0 Å². The lowest BCUT2D eigenvalue weighted by Gasteiger charge is -2.36. The molecule has 0 radical (unpaired) electrons. The molecule has 2 aliphatic carbocycles. The highest BCUT2D eigenvalue weighted by Crippen LogP contribution is 2.48. The predicted octanol–water partition coefficient (Wildman–Crippen LogP) is 4.01. The van der Waals surface area contributed by atoms with E-state index in [4.69, 9.17) is 4.74 Å². The molecule has 2 aliphatic rings. The molecule has 0 saturated heterocycles. The lowest BCUT2D eigenvalue weighted by Crippen LogP contribution is -2.39. The smallest absolute Gasteiger partial charge is 0.302 e.